The maximum atomic E-state index is 5.95. The van der Waals surface area contributed by atoms with E-state index >= 15 is 0 Å². The molecule has 116 valence electrons. The maximum Gasteiger partial charge on any atom is 0.235 e. The van der Waals surface area contributed by atoms with E-state index in [9.17, 15) is 0 Å². The zero-order chi connectivity index (χ0) is 14.5. The molecule has 2 unspecified atom stereocenters. The van der Waals surface area contributed by atoms with Crippen molar-refractivity contribution < 1.29 is 4.74 Å². The van der Waals surface area contributed by atoms with Crippen LogP contribution in [0, 0.1) is 5.92 Å². The Hall–Kier alpha value is -1.16. The molecule has 1 aromatic heterocycles. The lowest BCUT2D eigenvalue weighted by Gasteiger charge is -2.22. The first-order valence-electron chi connectivity index (χ1n) is 8.54. The van der Waals surface area contributed by atoms with Gasteiger partial charge in [-0.15, -0.1) is 0 Å². The second kappa shape index (κ2) is 7.21. The SMILES string of the molecule is CCCCCCOc1nccnc1[C@@H]1CN2CCCC1C2. The lowest BCUT2D eigenvalue weighted by atomic mass is 9.89. The van der Waals surface area contributed by atoms with Crippen molar-refractivity contribution in [3.63, 3.8) is 0 Å². The van der Waals surface area contributed by atoms with Crippen LogP contribution in [0.3, 0.4) is 0 Å². The lowest BCUT2D eigenvalue weighted by Crippen LogP contribution is -2.25. The average molecular weight is 289 g/mol. The van der Waals surface area contributed by atoms with Crippen LogP contribution in [0.2, 0.25) is 0 Å². The number of hydrogen-bond acceptors (Lipinski definition) is 4. The van der Waals surface area contributed by atoms with Crippen LogP contribution in [0.1, 0.15) is 57.1 Å². The minimum atomic E-state index is 0.520. The third-order valence-electron chi connectivity index (χ3n) is 4.84. The van der Waals surface area contributed by atoms with E-state index in [-0.39, 0.29) is 0 Å². The summed E-state index contributed by atoms with van der Waals surface area (Å²) in [5, 5.41) is 0. The highest BCUT2D eigenvalue weighted by molar-refractivity contribution is 5.25. The Bertz CT molecular complexity index is 451. The van der Waals surface area contributed by atoms with E-state index in [1.165, 1.54) is 45.2 Å². The number of ether oxygens (including phenoxy) is 1. The molecule has 3 heterocycles. The summed E-state index contributed by atoms with van der Waals surface area (Å²) in [5.41, 5.74) is 1.10. The fourth-order valence-corrected chi connectivity index (χ4v) is 3.72. The molecule has 2 aliphatic heterocycles. The molecule has 3 rings (SSSR count). The molecule has 0 aliphatic carbocycles. The van der Waals surface area contributed by atoms with Gasteiger partial charge < -0.3 is 9.64 Å². The van der Waals surface area contributed by atoms with Gasteiger partial charge in [0.15, 0.2) is 0 Å². The van der Waals surface area contributed by atoms with Crippen LogP contribution < -0.4 is 4.74 Å². The van der Waals surface area contributed by atoms with E-state index in [4.69, 9.17) is 4.74 Å². The predicted octanol–water partition coefficient (Wildman–Crippen LogP) is 3.24. The van der Waals surface area contributed by atoms with E-state index < -0.39 is 0 Å². The fraction of sp³-hybridized carbons (Fsp3) is 0.765. The highest BCUT2D eigenvalue weighted by Crippen LogP contribution is 2.40. The van der Waals surface area contributed by atoms with Crippen LogP contribution in [0.25, 0.3) is 0 Å². The molecule has 3 atom stereocenters. The maximum absolute atomic E-state index is 5.95. The number of fused-ring (bicyclic) bond motifs is 2. The Labute approximate surface area is 127 Å². The normalized spacial score (nSPS) is 27.8. The summed E-state index contributed by atoms with van der Waals surface area (Å²) in [6.07, 6.45) is 11.1. The van der Waals surface area contributed by atoms with E-state index in [0.717, 1.165) is 37.1 Å². The van der Waals surface area contributed by atoms with Crippen molar-refractivity contribution in [3.05, 3.63) is 18.1 Å². The second-order valence-corrected chi connectivity index (χ2v) is 6.42. The summed E-state index contributed by atoms with van der Waals surface area (Å²) in [6.45, 7) is 6.62. The van der Waals surface area contributed by atoms with Gasteiger partial charge in [-0.05, 0) is 31.7 Å². The van der Waals surface area contributed by atoms with Crippen molar-refractivity contribution >= 4 is 0 Å². The number of piperidine rings is 1. The number of unbranched alkanes of at least 4 members (excludes halogenated alkanes) is 3. The number of nitrogens with zero attached hydrogens (tertiary/aromatic N) is 3. The fourth-order valence-electron chi connectivity index (χ4n) is 3.72. The number of rotatable bonds is 7. The van der Waals surface area contributed by atoms with Crippen LogP contribution in [-0.4, -0.2) is 41.1 Å². The molecule has 0 amide bonds. The predicted molar refractivity (Wildman–Crippen MR) is 83.6 cm³/mol. The first kappa shape index (κ1) is 14.8. The summed E-state index contributed by atoms with van der Waals surface area (Å²) in [6, 6.07) is 0. The van der Waals surface area contributed by atoms with Gasteiger partial charge in [0.25, 0.3) is 0 Å². The Morgan fingerprint density at radius 1 is 1.19 bits per heavy atom. The zero-order valence-electron chi connectivity index (χ0n) is 13.1. The van der Waals surface area contributed by atoms with Gasteiger partial charge in [-0.2, -0.15) is 0 Å². The van der Waals surface area contributed by atoms with Gasteiger partial charge in [-0.1, -0.05) is 26.2 Å². The molecule has 0 N–H and O–H groups in total. The molecule has 0 saturated carbocycles. The van der Waals surface area contributed by atoms with Crippen molar-refractivity contribution in [1.29, 1.82) is 0 Å². The average Bonchev–Trinajstić information content (AvgIpc) is 2.81. The summed E-state index contributed by atoms with van der Waals surface area (Å²) < 4.78 is 5.95. The summed E-state index contributed by atoms with van der Waals surface area (Å²) in [5.74, 6) is 2.05. The summed E-state index contributed by atoms with van der Waals surface area (Å²) >= 11 is 0. The van der Waals surface area contributed by atoms with E-state index in [0.29, 0.717) is 5.92 Å². The largest absolute Gasteiger partial charge is 0.476 e. The molecule has 0 aromatic carbocycles. The van der Waals surface area contributed by atoms with Gasteiger partial charge in [-0.25, -0.2) is 4.98 Å². The van der Waals surface area contributed by atoms with E-state index in [2.05, 4.69) is 21.8 Å². The second-order valence-electron chi connectivity index (χ2n) is 6.42. The van der Waals surface area contributed by atoms with Crippen molar-refractivity contribution in [2.24, 2.45) is 5.92 Å². The first-order chi connectivity index (χ1) is 10.4. The molecular weight excluding hydrogens is 262 g/mol. The van der Waals surface area contributed by atoms with Gasteiger partial charge in [0, 0.05) is 31.4 Å². The Morgan fingerprint density at radius 3 is 2.95 bits per heavy atom. The Morgan fingerprint density at radius 2 is 2.10 bits per heavy atom. The standard InChI is InChI=1S/C17H27N3O/c1-2-3-4-5-11-21-17-16(18-8-9-19-17)15-13-20-10-6-7-14(15)12-20/h8-9,14-15H,2-7,10-13H2,1H3/t14?,15-/m1/s1. The third-order valence-corrected chi connectivity index (χ3v) is 4.84. The molecule has 4 heteroatoms. The summed E-state index contributed by atoms with van der Waals surface area (Å²) in [7, 11) is 0. The molecule has 0 radical (unpaired) electrons. The van der Waals surface area contributed by atoms with Crippen LogP contribution in [-0.2, 0) is 0 Å². The molecule has 2 fully saturated rings. The van der Waals surface area contributed by atoms with E-state index in [1.807, 2.05) is 6.20 Å². The van der Waals surface area contributed by atoms with Crippen LogP contribution in [0.15, 0.2) is 12.4 Å². The van der Waals surface area contributed by atoms with Crippen molar-refractivity contribution in [2.45, 2.75) is 51.4 Å². The molecule has 0 spiro atoms. The van der Waals surface area contributed by atoms with Gasteiger partial charge in [0.1, 0.15) is 5.69 Å². The minimum absolute atomic E-state index is 0.520. The molecule has 1 aromatic rings. The quantitative estimate of drug-likeness (QED) is 0.722. The minimum Gasteiger partial charge on any atom is -0.476 e. The molecule has 2 saturated heterocycles. The number of hydrogen-bond donors (Lipinski definition) is 0. The van der Waals surface area contributed by atoms with Crippen LogP contribution >= 0.6 is 0 Å². The Kier molecular flexibility index (Phi) is 5.07. The van der Waals surface area contributed by atoms with Crippen molar-refractivity contribution in [2.75, 3.05) is 26.2 Å². The van der Waals surface area contributed by atoms with Crippen molar-refractivity contribution in [3.8, 4) is 5.88 Å². The van der Waals surface area contributed by atoms with Crippen molar-refractivity contribution in [1.82, 2.24) is 14.9 Å². The van der Waals surface area contributed by atoms with Gasteiger partial charge in [-0.3, -0.25) is 4.98 Å². The van der Waals surface area contributed by atoms with Crippen LogP contribution in [0.5, 0.6) is 5.88 Å². The first-order valence-corrected chi connectivity index (χ1v) is 8.54. The topological polar surface area (TPSA) is 38.3 Å². The number of aromatic nitrogens is 2. The van der Waals surface area contributed by atoms with Crippen LogP contribution in [0.4, 0.5) is 0 Å². The molecule has 2 bridgehead atoms. The molecule has 2 aliphatic rings. The van der Waals surface area contributed by atoms with Gasteiger partial charge >= 0.3 is 0 Å². The lowest BCUT2D eigenvalue weighted by molar-refractivity contribution is 0.268. The third kappa shape index (κ3) is 3.54. The molecule has 21 heavy (non-hydrogen) atoms. The van der Waals surface area contributed by atoms with Gasteiger partial charge in [0.2, 0.25) is 5.88 Å². The smallest absolute Gasteiger partial charge is 0.235 e. The van der Waals surface area contributed by atoms with E-state index in [1.54, 1.807) is 6.20 Å². The monoisotopic (exact) mass is 289 g/mol. The van der Waals surface area contributed by atoms with Gasteiger partial charge in [0.05, 0.1) is 6.61 Å². The summed E-state index contributed by atoms with van der Waals surface area (Å²) in [4.78, 5) is 11.6. The zero-order valence-corrected chi connectivity index (χ0v) is 13.1. The molecular formula is C17H27N3O. The Balaban J connectivity index is 1.62. The molecule has 4 nitrogen and oxygen atoms in total. The highest BCUT2D eigenvalue weighted by atomic mass is 16.5. The highest BCUT2D eigenvalue weighted by Gasteiger charge is 2.38.